The first-order chi connectivity index (χ1) is 8.85. The van der Waals surface area contributed by atoms with Gasteiger partial charge in [0.15, 0.2) is 0 Å². The Balaban J connectivity index is 2.36. The van der Waals surface area contributed by atoms with Crippen molar-refractivity contribution in [1.29, 1.82) is 0 Å². The van der Waals surface area contributed by atoms with Crippen molar-refractivity contribution in [3.63, 3.8) is 0 Å². The summed E-state index contributed by atoms with van der Waals surface area (Å²) in [5.41, 5.74) is 3.65. The van der Waals surface area contributed by atoms with E-state index in [0.29, 0.717) is 11.3 Å². The van der Waals surface area contributed by atoms with Gasteiger partial charge in [-0.25, -0.2) is 0 Å². The van der Waals surface area contributed by atoms with Gasteiger partial charge in [-0.15, -0.1) is 0 Å². The molecule has 2 rings (SSSR count). The summed E-state index contributed by atoms with van der Waals surface area (Å²) in [6.07, 6.45) is 3.88. The summed E-state index contributed by atoms with van der Waals surface area (Å²) in [4.78, 5) is 0. The van der Waals surface area contributed by atoms with E-state index in [1.54, 1.807) is 11.1 Å². The topological polar surface area (TPSA) is 12.0 Å². The van der Waals surface area contributed by atoms with E-state index in [1.807, 2.05) is 0 Å². The Bertz CT molecular complexity index is 428. The first-order valence-corrected chi connectivity index (χ1v) is 7.68. The Morgan fingerprint density at radius 1 is 1.21 bits per heavy atom. The Labute approximate surface area is 118 Å². The fraction of sp³-hybridized carbons (Fsp3) is 0.667. The summed E-state index contributed by atoms with van der Waals surface area (Å²) in [6.45, 7) is 12.6. The zero-order chi connectivity index (χ0) is 14.1. The lowest BCUT2D eigenvalue weighted by molar-refractivity contribution is 0.228. The van der Waals surface area contributed by atoms with Gasteiger partial charge in [-0.05, 0) is 57.1 Å². The van der Waals surface area contributed by atoms with Gasteiger partial charge >= 0.3 is 0 Å². The smallest absolute Gasteiger partial charge is 0.0104 e. The van der Waals surface area contributed by atoms with Crippen molar-refractivity contribution in [2.45, 2.75) is 64.8 Å². The third-order valence-electron chi connectivity index (χ3n) is 4.66. The minimum Gasteiger partial charge on any atom is -0.311 e. The van der Waals surface area contributed by atoms with Gasteiger partial charge in [0.25, 0.3) is 0 Å². The van der Waals surface area contributed by atoms with Crippen LogP contribution in [0.1, 0.15) is 58.6 Å². The fourth-order valence-electron chi connectivity index (χ4n) is 3.36. The molecule has 1 unspecified atom stereocenters. The molecule has 1 nitrogen and oxygen atoms in total. The molecule has 0 spiro atoms. The molecule has 1 aliphatic rings. The summed E-state index contributed by atoms with van der Waals surface area (Å²) in [5.74, 6) is 0.670. The Morgan fingerprint density at radius 3 is 2.53 bits per heavy atom. The van der Waals surface area contributed by atoms with Gasteiger partial charge in [0.05, 0.1) is 0 Å². The lowest BCUT2D eigenvalue weighted by atomic mass is 9.63. The second kappa shape index (κ2) is 5.28. The molecule has 1 aliphatic carbocycles. The molecule has 106 valence electrons. The molecule has 0 aromatic heterocycles. The van der Waals surface area contributed by atoms with E-state index in [0.717, 1.165) is 6.54 Å². The number of hydrogen-bond acceptors (Lipinski definition) is 1. The highest BCUT2D eigenvalue weighted by molar-refractivity contribution is 5.38. The van der Waals surface area contributed by atoms with Crippen molar-refractivity contribution in [2.24, 2.45) is 5.92 Å². The normalized spacial score (nSPS) is 23.5. The molecule has 1 atom stereocenters. The van der Waals surface area contributed by atoms with Crippen LogP contribution >= 0.6 is 0 Å². The number of rotatable bonds is 3. The molecule has 0 aliphatic heterocycles. The van der Waals surface area contributed by atoms with E-state index in [4.69, 9.17) is 0 Å². The first-order valence-electron chi connectivity index (χ1n) is 7.68. The molecule has 0 bridgehead atoms. The zero-order valence-corrected chi connectivity index (χ0v) is 13.2. The van der Waals surface area contributed by atoms with Gasteiger partial charge in [0, 0.05) is 17.5 Å². The molecule has 1 aromatic rings. The molecule has 1 heteroatoms. The Morgan fingerprint density at radius 2 is 1.89 bits per heavy atom. The maximum atomic E-state index is 3.75. The standard InChI is InChI=1S/C18H29N/c1-14(2)18(13-19-17(3,4)5)12-8-10-15-9-6-7-11-16(15)18/h6-7,9,11,14,19H,8,10,12-13H2,1-5H3. The fourth-order valence-corrected chi connectivity index (χ4v) is 3.36. The maximum Gasteiger partial charge on any atom is 0.0104 e. The Kier molecular flexibility index (Phi) is 4.06. The average Bonchev–Trinajstić information content (AvgIpc) is 2.35. The van der Waals surface area contributed by atoms with E-state index in [1.165, 1.54) is 19.3 Å². The van der Waals surface area contributed by atoms with Gasteiger partial charge in [-0.3, -0.25) is 0 Å². The van der Waals surface area contributed by atoms with Gasteiger partial charge in [0.2, 0.25) is 0 Å². The van der Waals surface area contributed by atoms with Crippen LogP contribution in [-0.2, 0) is 11.8 Å². The molecular weight excluding hydrogens is 230 g/mol. The van der Waals surface area contributed by atoms with Crippen LogP contribution in [0.15, 0.2) is 24.3 Å². The monoisotopic (exact) mass is 259 g/mol. The molecule has 0 saturated carbocycles. The highest BCUT2D eigenvalue weighted by atomic mass is 15.0. The zero-order valence-electron chi connectivity index (χ0n) is 13.2. The molecule has 0 fully saturated rings. The van der Waals surface area contributed by atoms with Crippen LogP contribution < -0.4 is 5.32 Å². The molecule has 19 heavy (non-hydrogen) atoms. The van der Waals surface area contributed by atoms with Gasteiger partial charge in [-0.1, -0.05) is 38.1 Å². The van der Waals surface area contributed by atoms with Crippen LogP contribution in [0.5, 0.6) is 0 Å². The third kappa shape index (κ3) is 3.02. The van der Waals surface area contributed by atoms with E-state index in [2.05, 4.69) is 64.2 Å². The number of fused-ring (bicyclic) bond motifs is 1. The average molecular weight is 259 g/mol. The number of aryl methyl sites for hydroxylation is 1. The van der Waals surface area contributed by atoms with Crippen LogP contribution in [0.3, 0.4) is 0 Å². The van der Waals surface area contributed by atoms with Crippen LogP contribution in [0.25, 0.3) is 0 Å². The molecular formula is C18H29N. The minimum absolute atomic E-state index is 0.189. The minimum atomic E-state index is 0.189. The molecule has 0 saturated heterocycles. The van der Waals surface area contributed by atoms with Crippen molar-refractivity contribution in [3.8, 4) is 0 Å². The largest absolute Gasteiger partial charge is 0.311 e. The summed E-state index contributed by atoms with van der Waals surface area (Å²) < 4.78 is 0. The second-order valence-electron chi connectivity index (χ2n) is 7.43. The summed E-state index contributed by atoms with van der Waals surface area (Å²) in [7, 11) is 0. The lowest BCUT2D eigenvalue weighted by Gasteiger charge is -2.44. The molecule has 0 amide bonds. The van der Waals surface area contributed by atoms with Crippen LogP contribution in [0.2, 0.25) is 0 Å². The summed E-state index contributed by atoms with van der Waals surface area (Å²) in [6, 6.07) is 9.08. The van der Waals surface area contributed by atoms with Crippen molar-refractivity contribution in [2.75, 3.05) is 6.54 Å². The third-order valence-corrected chi connectivity index (χ3v) is 4.66. The predicted octanol–water partition coefficient (Wildman–Crippen LogP) is 4.30. The molecule has 0 heterocycles. The van der Waals surface area contributed by atoms with Crippen molar-refractivity contribution < 1.29 is 0 Å². The van der Waals surface area contributed by atoms with Gasteiger partial charge in [0.1, 0.15) is 0 Å². The van der Waals surface area contributed by atoms with Crippen molar-refractivity contribution in [1.82, 2.24) is 5.32 Å². The van der Waals surface area contributed by atoms with E-state index in [9.17, 15) is 0 Å². The number of nitrogens with one attached hydrogen (secondary N) is 1. The first kappa shape index (κ1) is 14.6. The highest BCUT2D eigenvalue weighted by Crippen LogP contribution is 2.42. The van der Waals surface area contributed by atoms with E-state index >= 15 is 0 Å². The Hall–Kier alpha value is -0.820. The second-order valence-corrected chi connectivity index (χ2v) is 7.43. The predicted molar refractivity (Wildman–Crippen MR) is 83.7 cm³/mol. The van der Waals surface area contributed by atoms with Crippen molar-refractivity contribution in [3.05, 3.63) is 35.4 Å². The number of benzene rings is 1. The van der Waals surface area contributed by atoms with E-state index in [-0.39, 0.29) is 5.54 Å². The van der Waals surface area contributed by atoms with Crippen LogP contribution in [0.4, 0.5) is 0 Å². The van der Waals surface area contributed by atoms with Gasteiger partial charge < -0.3 is 5.32 Å². The van der Waals surface area contributed by atoms with E-state index < -0.39 is 0 Å². The molecule has 1 N–H and O–H groups in total. The summed E-state index contributed by atoms with van der Waals surface area (Å²) in [5, 5.41) is 3.75. The SMILES string of the molecule is CC(C)C1(CNC(C)(C)C)CCCc2ccccc21. The summed E-state index contributed by atoms with van der Waals surface area (Å²) >= 11 is 0. The maximum absolute atomic E-state index is 3.75. The molecule has 1 aromatic carbocycles. The highest BCUT2D eigenvalue weighted by Gasteiger charge is 2.39. The number of hydrogen-bond donors (Lipinski definition) is 1. The molecule has 0 radical (unpaired) electrons. The van der Waals surface area contributed by atoms with Crippen LogP contribution in [-0.4, -0.2) is 12.1 Å². The van der Waals surface area contributed by atoms with Crippen molar-refractivity contribution >= 4 is 0 Å². The van der Waals surface area contributed by atoms with Gasteiger partial charge in [-0.2, -0.15) is 0 Å². The quantitative estimate of drug-likeness (QED) is 0.853. The lowest BCUT2D eigenvalue weighted by Crippen LogP contribution is -2.50. The van der Waals surface area contributed by atoms with Crippen LogP contribution in [0, 0.1) is 5.92 Å².